The third-order valence-electron chi connectivity index (χ3n) is 3.36. The van der Waals surface area contributed by atoms with Crippen molar-refractivity contribution in [3.63, 3.8) is 0 Å². The van der Waals surface area contributed by atoms with E-state index in [0.717, 1.165) is 15.9 Å². The van der Waals surface area contributed by atoms with Gasteiger partial charge < -0.3 is 5.32 Å². The van der Waals surface area contributed by atoms with Crippen molar-refractivity contribution in [2.24, 2.45) is 7.05 Å². The van der Waals surface area contributed by atoms with Crippen molar-refractivity contribution in [3.8, 4) is 0 Å². The second-order valence-electron chi connectivity index (χ2n) is 4.65. The molecule has 0 aliphatic carbocycles. The van der Waals surface area contributed by atoms with Crippen LogP contribution in [0.1, 0.15) is 23.0 Å². The number of nitrogens with zero attached hydrogens (tertiary/aromatic N) is 2. The topological polar surface area (TPSA) is 29.9 Å². The highest BCUT2D eigenvalue weighted by atomic mass is 79.9. The minimum absolute atomic E-state index is 0.183. The number of nitrogens with one attached hydrogen (secondary N) is 1. The van der Waals surface area contributed by atoms with Crippen LogP contribution in [0.25, 0.3) is 0 Å². The molecule has 0 bridgehead atoms. The number of benzene rings is 1. The molecule has 108 valence electrons. The van der Waals surface area contributed by atoms with Crippen LogP contribution >= 0.6 is 27.5 Å². The van der Waals surface area contributed by atoms with E-state index in [9.17, 15) is 4.39 Å². The molecule has 1 N–H and O–H groups in total. The van der Waals surface area contributed by atoms with Gasteiger partial charge in [-0.05, 0) is 26.1 Å². The van der Waals surface area contributed by atoms with Gasteiger partial charge in [0.1, 0.15) is 5.82 Å². The molecule has 0 saturated heterocycles. The minimum Gasteiger partial charge on any atom is -0.313 e. The molecular weight excluding hydrogens is 345 g/mol. The van der Waals surface area contributed by atoms with Crippen LogP contribution in [0, 0.1) is 12.7 Å². The molecule has 1 aromatic heterocycles. The maximum atomic E-state index is 14.1. The standard InChI is InChI=1S/C14H16BrClFN3/c1-8-14(16)12(20(3)19-8)7-11(18-2)13-9(15)5-4-6-10(13)17/h4-6,11,18H,7H2,1-3H3. The second kappa shape index (κ2) is 6.24. The lowest BCUT2D eigenvalue weighted by molar-refractivity contribution is 0.517. The van der Waals surface area contributed by atoms with Crippen molar-refractivity contribution in [1.29, 1.82) is 0 Å². The SMILES string of the molecule is CNC(Cc1c(Cl)c(C)nn1C)c1c(F)cccc1Br. The fourth-order valence-corrected chi connectivity index (χ4v) is 3.14. The zero-order valence-corrected chi connectivity index (χ0v) is 13.9. The summed E-state index contributed by atoms with van der Waals surface area (Å²) in [7, 11) is 3.65. The van der Waals surface area contributed by atoms with Crippen molar-refractivity contribution in [1.82, 2.24) is 15.1 Å². The van der Waals surface area contributed by atoms with E-state index in [1.807, 2.05) is 20.0 Å². The summed E-state index contributed by atoms with van der Waals surface area (Å²) in [5, 5.41) is 8.07. The van der Waals surface area contributed by atoms with Crippen LogP contribution in [-0.2, 0) is 13.5 Å². The highest BCUT2D eigenvalue weighted by Gasteiger charge is 2.21. The normalized spacial score (nSPS) is 12.7. The summed E-state index contributed by atoms with van der Waals surface area (Å²) in [5.74, 6) is -0.242. The molecule has 0 aliphatic rings. The van der Waals surface area contributed by atoms with Gasteiger partial charge in [0, 0.05) is 29.5 Å². The van der Waals surface area contributed by atoms with E-state index in [0.29, 0.717) is 17.0 Å². The molecule has 0 spiro atoms. The van der Waals surface area contributed by atoms with Crippen molar-refractivity contribution in [3.05, 3.63) is 50.5 Å². The Bertz CT molecular complexity index is 607. The van der Waals surface area contributed by atoms with Crippen LogP contribution in [0.3, 0.4) is 0 Å². The Morgan fingerprint density at radius 3 is 2.70 bits per heavy atom. The Morgan fingerprint density at radius 1 is 1.50 bits per heavy atom. The van der Waals surface area contributed by atoms with E-state index in [1.165, 1.54) is 6.07 Å². The molecule has 0 amide bonds. The third kappa shape index (κ3) is 2.90. The zero-order chi connectivity index (χ0) is 14.9. The largest absolute Gasteiger partial charge is 0.313 e. The van der Waals surface area contributed by atoms with Gasteiger partial charge in [-0.15, -0.1) is 0 Å². The third-order valence-corrected chi connectivity index (χ3v) is 4.54. The van der Waals surface area contributed by atoms with Gasteiger partial charge in [-0.25, -0.2) is 4.39 Å². The van der Waals surface area contributed by atoms with E-state index in [4.69, 9.17) is 11.6 Å². The maximum absolute atomic E-state index is 14.1. The minimum atomic E-state index is -0.242. The molecule has 0 radical (unpaired) electrons. The molecule has 0 aliphatic heterocycles. The molecule has 1 unspecified atom stereocenters. The van der Waals surface area contributed by atoms with Crippen LogP contribution < -0.4 is 5.32 Å². The van der Waals surface area contributed by atoms with E-state index >= 15 is 0 Å². The molecule has 0 saturated carbocycles. The Hall–Kier alpha value is -0.910. The molecule has 3 nitrogen and oxygen atoms in total. The summed E-state index contributed by atoms with van der Waals surface area (Å²) in [5.41, 5.74) is 2.27. The molecule has 6 heteroatoms. The van der Waals surface area contributed by atoms with E-state index in [-0.39, 0.29) is 11.9 Å². The molecule has 1 heterocycles. The van der Waals surface area contributed by atoms with Gasteiger partial charge in [-0.3, -0.25) is 4.68 Å². The Kier molecular flexibility index (Phi) is 4.83. The number of hydrogen-bond acceptors (Lipinski definition) is 2. The fourth-order valence-electron chi connectivity index (χ4n) is 2.29. The Morgan fingerprint density at radius 2 is 2.20 bits per heavy atom. The monoisotopic (exact) mass is 359 g/mol. The summed E-state index contributed by atoms with van der Waals surface area (Å²) in [6.07, 6.45) is 0.562. The van der Waals surface area contributed by atoms with Crippen LogP contribution in [0.5, 0.6) is 0 Å². The van der Waals surface area contributed by atoms with Crippen molar-refractivity contribution in [2.75, 3.05) is 7.05 Å². The average Bonchev–Trinajstić information content (AvgIpc) is 2.63. The first kappa shape index (κ1) is 15.5. The van der Waals surface area contributed by atoms with Crippen molar-refractivity contribution in [2.45, 2.75) is 19.4 Å². The first-order valence-electron chi connectivity index (χ1n) is 6.24. The second-order valence-corrected chi connectivity index (χ2v) is 5.88. The Labute approximate surface area is 131 Å². The maximum Gasteiger partial charge on any atom is 0.129 e. The number of rotatable bonds is 4. The predicted molar refractivity (Wildman–Crippen MR) is 82.6 cm³/mol. The smallest absolute Gasteiger partial charge is 0.129 e. The molecule has 2 aromatic rings. The molecule has 1 aromatic carbocycles. The molecule has 1 atom stereocenters. The number of halogens is 3. The lowest BCUT2D eigenvalue weighted by Crippen LogP contribution is -2.22. The fraction of sp³-hybridized carbons (Fsp3) is 0.357. The Balaban J connectivity index is 2.39. The van der Waals surface area contributed by atoms with Gasteiger partial charge in [-0.2, -0.15) is 5.10 Å². The number of aromatic nitrogens is 2. The highest BCUT2D eigenvalue weighted by Crippen LogP contribution is 2.30. The van der Waals surface area contributed by atoms with Gasteiger partial charge in [0.2, 0.25) is 0 Å². The average molecular weight is 361 g/mol. The molecule has 0 fully saturated rings. The van der Waals surface area contributed by atoms with Gasteiger partial charge in [0.15, 0.2) is 0 Å². The predicted octanol–water partition coefficient (Wildman–Crippen LogP) is 3.79. The number of likely N-dealkylation sites (N-methyl/N-ethyl adjacent to an activating group) is 1. The molecule has 2 rings (SSSR count). The van der Waals surface area contributed by atoms with Gasteiger partial charge >= 0.3 is 0 Å². The summed E-state index contributed by atoms with van der Waals surface area (Å²) in [4.78, 5) is 0. The van der Waals surface area contributed by atoms with Crippen molar-refractivity contribution >= 4 is 27.5 Å². The van der Waals surface area contributed by atoms with Crippen LogP contribution in [-0.4, -0.2) is 16.8 Å². The van der Waals surface area contributed by atoms with Crippen molar-refractivity contribution < 1.29 is 4.39 Å². The summed E-state index contributed by atoms with van der Waals surface area (Å²) < 4.78 is 16.6. The molecular formula is C14H16BrClFN3. The quantitative estimate of drug-likeness (QED) is 0.899. The first-order chi connectivity index (χ1) is 9.45. The van der Waals surface area contributed by atoms with Gasteiger partial charge in [-0.1, -0.05) is 33.6 Å². The van der Waals surface area contributed by atoms with Gasteiger partial charge in [0.05, 0.1) is 16.4 Å². The highest BCUT2D eigenvalue weighted by molar-refractivity contribution is 9.10. The lowest BCUT2D eigenvalue weighted by Gasteiger charge is -2.19. The zero-order valence-electron chi connectivity index (χ0n) is 11.5. The van der Waals surface area contributed by atoms with Gasteiger partial charge in [0.25, 0.3) is 0 Å². The number of hydrogen-bond donors (Lipinski definition) is 1. The van der Waals surface area contributed by atoms with E-state index in [1.54, 1.807) is 17.8 Å². The lowest BCUT2D eigenvalue weighted by atomic mass is 10.0. The molecule has 20 heavy (non-hydrogen) atoms. The number of aryl methyl sites for hydroxylation is 2. The first-order valence-corrected chi connectivity index (χ1v) is 7.42. The van der Waals surface area contributed by atoms with Crippen LogP contribution in [0.15, 0.2) is 22.7 Å². The summed E-state index contributed by atoms with van der Waals surface area (Å²) in [6, 6.07) is 4.79. The van der Waals surface area contributed by atoms with Crippen LogP contribution in [0.2, 0.25) is 5.02 Å². The van der Waals surface area contributed by atoms with Crippen LogP contribution in [0.4, 0.5) is 4.39 Å². The van der Waals surface area contributed by atoms with E-state index in [2.05, 4.69) is 26.3 Å². The van der Waals surface area contributed by atoms with E-state index < -0.39 is 0 Å². The summed E-state index contributed by atoms with van der Waals surface area (Å²) in [6.45, 7) is 1.86. The summed E-state index contributed by atoms with van der Waals surface area (Å²) >= 11 is 9.67.